The van der Waals surface area contributed by atoms with Gasteiger partial charge in [0.1, 0.15) is 12.1 Å². The van der Waals surface area contributed by atoms with Gasteiger partial charge < -0.3 is 24.0 Å². The van der Waals surface area contributed by atoms with Crippen molar-refractivity contribution in [2.24, 2.45) is 0 Å². The first-order valence-electron chi connectivity index (χ1n) is 12.4. The maximum atomic E-state index is 12.5. The zero-order valence-electron chi connectivity index (χ0n) is 20.4. The van der Waals surface area contributed by atoms with E-state index in [-0.39, 0.29) is 49.8 Å². The maximum Gasteiger partial charge on any atom is 0.410 e. The molecule has 10 heteroatoms. The van der Waals surface area contributed by atoms with E-state index in [1.807, 2.05) is 9.80 Å². The fourth-order valence-corrected chi connectivity index (χ4v) is 5.01. The van der Waals surface area contributed by atoms with Gasteiger partial charge in [0, 0.05) is 51.9 Å². The summed E-state index contributed by atoms with van der Waals surface area (Å²) in [6.45, 7) is 13.5. The Labute approximate surface area is 197 Å². The van der Waals surface area contributed by atoms with Crippen molar-refractivity contribution < 1.29 is 28.6 Å². The highest BCUT2D eigenvalue weighted by Crippen LogP contribution is 2.23. The summed E-state index contributed by atoms with van der Waals surface area (Å²) in [5.41, 5.74) is 0. The van der Waals surface area contributed by atoms with E-state index in [2.05, 4.69) is 16.7 Å². The number of piperazine rings is 1. The number of esters is 2. The Kier molecular flexibility index (Phi) is 9.76. The molecule has 33 heavy (non-hydrogen) atoms. The van der Waals surface area contributed by atoms with Crippen LogP contribution in [-0.2, 0) is 23.8 Å². The number of cyclic esters (lactones) is 1. The van der Waals surface area contributed by atoms with Crippen LogP contribution >= 0.6 is 0 Å². The van der Waals surface area contributed by atoms with E-state index >= 15 is 0 Å². The van der Waals surface area contributed by atoms with Crippen molar-refractivity contribution in [2.45, 2.75) is 58.2 Å². The SMILES string of the molecule is CCOC(=O)CC(C(=O)OCC)N1CCN(CC2CN(C3CCN(CC)CC3)C(=O)O2)CC1. The summed E-state index contributed by atoms with van der Waals surface area (Å²) in [5.74, 6) is -0.769. The van der Waals surface area contributed by atoms with E-state index in [1.165, 1.54) is 0 Å². The number of carbonyl (C=O) groups excluding carboxylic acids is 3. The number of rotatable bonds is 10. The molecule has 3 rings (SSSR count). The number of nitrogens with zero attached hydrogens (tertiary/aromatic N) is 4. The summed E-state index contributed by atoms with van der Waals surface area (Å²) in [6, 6.07) is -0.352. The lowest BCUT2D eigenvalue weighted by molar-refractivity contribution is -0.157. The van der Waals surface area contributed by atoms with Gasteiger partial charge in [-0.3, -0.25) is 19.4 Å². The maximum absolute atomic E-state index is 12.5. The number of carbonyl (C=O) groups is 3. The van der Waals surface area contributed by atoms with E-state index in [0.29, 0.717) is 26.2 Å². The zero-order valence-corrected chi connectivity index (χ0v) is 20.4. The highest BCUT2D eigenvalue weighted by Gasteiger charge is 2.39. The molecule has 2 atom stereocenters. The Balaban J connectivity index is 1.46. The van der Waals surface area contributed by atoms with E-state index in [4.69, 9.17) is 14.2 Å². The summed E-state index contributed by atoms with van der Waals surface area (Å²) >= 11 is 0. The Morgan fingerprint density at radius 1 is 0.970 bits per heavy atom. The van der Waals surface area contributed by atoms with Crippen molar-refractivity contribution >= 4 is 18.0 Å². The number of piperidine rings is 1. The van der Waals surface area contributed by atoms with Crippen LogP contribution in [0.4, 0.5) is 4.79 Å². The van der Waals surface area contributed by atoms with Gasteiger partial charge in [0.15, 0.2) is 0 Å². The molecule has 0 aromatic rings. The van der Waals surface area contributed by atoms with Crippen LogP contribution in [0, 0.1) is 0 Å². The largest absolute Gasteiger partial charge is 0.466 e. The molecule has 10 nitrogen and oxygen atoms in total. The highest BCUT2D eigenvalue weighted by molar-refractivity contribution is 5.82. The van der Waals surface area contributed by atoms with Gasteiger partial charge in [-0.2, -0.15) is 0 Å². The molecular weight excluding hydrogens is 428 g/mol. The van der Waals surface area contributed by atoms with Crippen LogP contribution in [-0.4, -0.2) is 128 Å². The monoisotopic (exact) mass is 468 g/mol. The molecule has 1 amide bonds. The predicted octanol–water partition coefficient (Wildman–Crippen LogP) is 0.794. The lowest BCUT2D eigenvalue weighted by Crippen LogP contribution is -2.55. The van der Waals surface area contributed by atoms with Crippen molar-refractivity contribution in [2.75, 3.05) is 72.1 Å². The van der Waals surface area contributed by atoms with Crippen LogP contribution in [0.25, 0.3) is 0 Å². The smallest absolute Gasteiger partial charge is 0.410 e. The van der Waals surface area contributed by atoms with Gasteiger partial charge in [-0.15, -0.1) is 0 Å². The van der Waals surface area contributed by atoms with E-state index in [9.17, 15) is 14.4 Å². The molecule has 3 aliphatic rings. The van der Waals surface area contributed by atoms with Crippen molar-refractivity contribution in [3.05, 3.63) is 0 Å². The number of hydrogen-bond donors (Lipinski definition) is 0. The average Bonchev–Trinajstić information content (AvgIpc) is 3.18. The van der Waals surface area contributed by atoms with Crippen LogP contribution in [0.2, 0.25) is 0 Å². The summed E-state index contributed by atoms with van der Waals surface area (Å²) in [5, 5.41) is 0. The molecule has 2 unspecified atom stereocenters. The van der Waals surface area contributed by atoms with Crippen LogP contribution < -0.4 is 0 Å². The van der Waals surface area contributed by atoms with Crippen LogP contribution in [0.15, 0.2) is 0 Å². The minimum absolute atomic E-state index is 0.00127. The summed E-state index contributed by atoms with van der Waals surface area (Å²) in [7, 11) is 0. The van der Waals surface area contributed by atoms with Crippen molar-refractivity contribution in [1.82, 2.24) is 19.6 Å². The molecule has 0 aliphatic carbocycles. The topological polar surface area (TPSA) is 91.9 Å². The normalized spacial score (nSPS) is 24.5. The average molecular weight is 469 g/mol. The number of hydrogen-bond acceptors (Lipinski definition) is 9. The molecule has 0 aromatic carbocycles. The summed E-state index contributed by atoms with van der Waals surface area (Å²) in [4.78, 5) is 45.5. The third kappa shape index (κ3) is 7.04. The van der Waals surface area contributed by atoms with Gasteiger partial charge in [-0.1, -0.05) is 6.92 Å². The van der Waals surface area contributed by atoms with Crippen molar-refractivity contribution in [1.29, 1.82) is 0 Å². The Hall–Kier alpha value is -1.91. The molecule has 3 heterocycles. The second kappa shape index (κ2) is 12.5. The van der Waals surface area contributed by atoms with Gasteiger partial charge in [-0.25, -0.2) is 4.79 Å². The second-order valence-electron chi connectivity index (χ2n) is 8.94. The lowest BCUT2D eigenvalue weighted by Gasteiger charge is -2.38. The third-order valence-electron chi connectivity index (χ3n) is 6.88. The van der Waals surface area contributed by atoms with Gasteiger partial charge in [0.25, 0.3) is 0 Å². The van der Waals surface area contributed by atoms with E-state index in [0.717, 1.165) is 45.6 Å². The number of likely N-dealkylation sites (tertiary alicyclic amines) is 1. The number of ether oxygens (including phenoxy) is 3. The Bertz CT molecular complexity index is 661. The van der Waals surface area contributed by atoms with E-state index in [1.54, 1.807) is 13.8 Å². The minimum Gasteiger partial charge on any atom is -0.466 e. The zero-order chi connectivity index (χ0) is 23.8. The fraction of sp³-hybridized carbons (Fsp3) is 0.870. The van der Waals surface area contributed by atoms with Gasteiger partial charge in [0.2, 0.25) is 0 Å². The van der Waals surface area contributed by atoms with Crippen molar-refractivity contribution in [3.63, 3.8) is 0 Å². The molecule has 3 fully saturated rings. The molecule has 0 aromatic heterocycles. The molecule has 0 radical (unpaired) electrons. The molecule has 3 saturated heterocycles. The summed E-state index contributed by atoms with van der Waals surface area (Å²) in [6.07, 6.45) is 1.69. The predicted molar refractivity (Wildman–Crippen MR) is 122 cm³/mol. The molecule has 0 N–H and O–H groups in total. The van der Waals surface area contributed by atoms with Crippen LogP contribution in [0.5, 0.6) is 0 Å². The summed E-state index contributed by atoms with van der Waals surface area (Å²) < 4.78 is 15.9. The molecule has 0 spiro atoms. The van der Waals surface area contributed by atoms with Crippen molar-refractivity contribution in [3.8, 4) is 0 Å². The first kappa shape index (κ1) is 25.7. The third-order valence-corrected chi connectivity index (χ3v) is 6.88. The Morgan fingerprint density at radius 3 is 2.24 bits per heavy atom. The minimum atomic E-state index is -0.625. The fourth-order valence-electron chi connectivity index (χ4n) is 5.01. The van der Waals surface area contributed by atoms with E-state index < -0.39 is 6.04 Å². The van der Waals surface area contributed by atoms with Crippen LogP contribution in [0.1, 0.15) is 40.0 Å². The molecular formula is C23H40N4O6. The first-order chi connectivity index (χ1) is 15.9. The Morgan fingerprint density at radius 2 is 1.64 bits per heavy atom. The van der Waals surface area contributed by atoms with Gasteiger partial charge >= 0.3 is 18.0 Å². The molecule has 0 saturated carbocycles. The number of amides is 1. The van der Waals surface area contributed by atoms with Gasteiger partial charge in [-0.05, 0) is 33.2 Å². The molecule has 0 bridgehead atoms. The first-order valence-corrected chi connectivity index (χ1v) is 12.4. The lowest BCUT2D eigenvalue weighted by atomic mass is 10.0. The van der Waals surface area contributed by atoms with Crippen LogP contribution in [0.3, 0.4) is 0 Å². The quantitative estimate of drug-likeness (QED) is 0.341. The highest BCUT2D eigenvalue weighted by atomic mass is 16.6. The second-order valence-corrected chi connectivity index (χ2v) is 8.94. The van der Waals surface area contributed by atoms with Gasteiger partial charge in [0.05, 0.1) is 26.2 Å². The molecule has 188 valence electrons. The molecule has 3 aliphatic heterocycles. The standard InChI is InChI=1S/C23H40N4O6/c1-4-24-9-7-18(8-10-24)27-17-19(33-23(27)30)16-25-11-13-26(14-12-25)20(22(29)32-6-3)15-21(28)31-5-2/h18-20H,4-17H2,1-3H3.